The van der Waals surface area contributed by atoms with Crippen molar-refractivity contribution in [1.82, 2.24) is 25.4 Å². The third-order valence-electron chi connectivity index (χ3n) is 7.06. The van der Waals surface area contributed by atoms with Crippen LogP contribution in [-0.2, 0) is 9.59 Å². The molecule has 0 atom stereocenters. The normalized spacial score (nSPS) is 21.8. The number of piperazine rings is 1. The number of hydrogen-bond acceptors (Lipinski definition) is 8. The van der Waals surface area contributed by atoms with E-state index in [-0.39, 0.29) is 35.3 Å². The van der Waals surface area contributed by atoms with Gasteiger partial charge in [0, 0.05) is 26.2 Å². The smallest absolute Gasteiger partial charge is 0.246 e. The van der Waals surface area contributed by atoms with Crippen molar-refractivity contribution in [2.45, 2.75) is 38.5 Å². The van der Waals surface area contributed by atoms with Gasteiger partial charge in [-0.15, -0.1) is 0 Å². The highest BCUT2D eigenvalue weighted by Crippen LogP contribution is 2.62. The highest BCUT2D eigenvalue weighted by molar-refractivity contribution is 6.28. The molecule has 2 aliphatic carbocycles. The predicted molar refractivity (Wildman–Crippen MR) is 116 cm³/mol. The topological polar surface area (TPSA) is 114 Å². The van der Waals surface area contributed by atoms with Gasteiger partial charge in [-0.1, -0.05) is 12.8 Å². The Balaban J connectivity index is 1.47. The summed E-state index contributed by atoms with van der Waals surface area (Å²) < 4.78 is 15.1. The van der Waals surface area contributed by atoms with E-state index >= 15 is 4.39 Å². The number of hydrogen-bond donors (Lipinski definition) is 3. The Morgan fingerprint density at radius 3 is 2.53 bits per heavy atom. The molecule has 176 valence electrons. The van der Waals surface area contributed by atoms with Crippen molar-refractivity contribution in [2.24, 2.45) is 10.8 Å². The van der Waals surface area contributed by atoms with Crippen molar-refractivity contribution in [2.75, 3.05) is 50.1 Å². The lowest BCUT2D eigenvalue weighted by Crippen LogP contribution is -2.59. The molecular weight excluding hydrogens is 441 g/mol. The largest absolute Gasteiger partial charge is 0.351 e. The standard InChI is InChI=1S/C20H29ClFN7O3/c1-27-6-8-28(9-7-27)16-14(22)15(23-18(21)24-16)25-26-17(31)20(12-29(32)13-30)10-19(11-20)4-2-3-5-19/h13,32H,2-12H2,1H3,(H,26,31)(H,23,24,25). The molecule has 10 nitrogen and oxygen atoms in total. The molecule has 1 aromatic heterocycles. The summed E-state index contributed by atoms with van der Waals surface area (Å²) in [5, 5.41) is 10.1. The first-order valence-corrected chi connectivity index (χ1v) is 11.3. The molecular formula is C20H29ClFN7O3. The van der Waals surface area contributed by atoms with Crippen LogP contribution in [0.5, 0.6) is 0 Å². The highest BCUT2D eigenvalue weighted by Gasteiger charge is 2.59. The van der Waals surface area contributed by atoms with Gasteiger partial charge in [-0.2, -0.15) is 14.4 Å². The molecule has 2 saturated carbocycles. The fourth-order valence-electron chi connectivity index (χ4n) is 5.52. The van der Waals surface area contributed by atoms with Crippen molar-refractivity contribution in [3.63, 3.8) is 0 Å². The molecule has 1 aliphatic heterocycles. The van der Waals surface area contributed by atoms with Crippen molar-refractivity contribution in [3.8, 4) is 0 Å². The van der Waals surface area contributed by atoms with Crippen molar-refractivity contribution < 1.29 is 19.2 Å². The zero-order valence-electron chi connectivity index (χ0n) is 18.1. The number of carbonyl (C=O) groups excluding carboxylic acids is 2. The molecule has 0 bridgehead atoms. The summed E-state index contributed by atoms with van der Waals surface area (Å²) >= 11 is 6.03. The van der Waals surface area contributed by atoms with Crippen LogP contribution in [-0.4, -0.2) is 77.2 Å². The van der Waals surface area contributed by atoms with Crippen LogP contribution in [0, 0.1) is 16.6 Å². The number of amides is 2. The Labute approximate surface area is 191 Å². The number of hydrazine groups is 1. The van der Waals surface area contributed by atoms with Crippen LogP contribution in [0.2, 0.25) is 5.28 Å². The van der Waals surface area contributed by atoms with Gasteiger partial charge < -0.3 is 9.80 Å². The fourth-order valence-corrected chi connectivity index (χ4v) is 5.69. The van der Waals surface area contributed by atoms with E-state index < -0.39 is 17.1 Å². The SMILES string of the molecule is CN1CCN(c2nc(Cl)nc(NNC(=O)C3(CN(O)C=O)CC4(CCCC4)C3)c2F)CC1. The van der Waals surface area contributed by atoms with E-state index in [4.69, 9.17) is 11.6 Å². The summed E-state index contributed by atoms with van der Waals surface area (Å²) in [7, 11) is 1.99. The van der Waals surface area contributed by atoms with E-state index in [1.165, 1.54) is 0 Å². The number of nitrogens with one attached hydrogen (secondary N) is 2. The molecule has 0 aromatic carbocycles. The highest BCUT2D eigenvalue weighted by atomic mass is 35.5. The summed E-state index contributed by atoms with van der Waals surface area (Å²) in [4.78, 5) is 35.9. The van der Waals surface area contributed by atoms with Crippen LogP contribution in [0.15, 0.2) is 0 Å². The minimum atomic E-state index is -0.944. The molecule has 2 amide bonds. The number of likely N-dealkylation sites (N-methyl/N-ethyl adjacent to an activating group) is 1. The van der Waals surface area contributed by atoms with Gasteiger partial charge in [0.2, 0.25) is 23.4 Å². The fraction of sp³-hybridized carbons (Fsp3) is 0.700. The second-order valence-corrected chi connectivity index (χ2v) is 9.73. The predicted octanol–water partition coefficient (Wildman–Crippen LogP) is 1.65. The lowest BCUT2D eigenvalue weighted by Gasteiger charge is -2.54. The average Bonchev–Trinajstić information content (AvgIpc) is 3.23. The Kier molecular flexibility index (Phi) is 6.42. The van der Waals surface area contributed by atoms with Gasteiger partial charge in [-0.25, -0.2) is 5.06 Å². The van der Waals surface area contributed by atoms with Gasteiger partial charge in [0.25, 0.3) is 0 Å². The number of rotatable bonds is 7. The van der Waals surface area contributed by atoms with Gasteiger partial charge in [0.05, 0.1) is 12.0 Å². The van der Waals surface area contributed by atoms with Crippen LogP contribution in [0.4, 0.5) is 16.0 Å². The molecule has 1 aromatic rings. The number of aromatic nitrogens is 2. The number of hydroxylamine groups is 2. The maximum absolute atomic E-state index is 15.1. The first-order chi connectivity index (χ1) is 15.3. The van der Waals surface area contributed by atoms with Gasteiger partial charge >= 0.3 is 0 Å². The van der Waals surface area contributed by atoms with E-state index in [1.807, 2.05) is 7.05 Å². The van der Waals surface area contributed by atoms with E-state index in [0.29, 0.717) is 31.0 Å². The van der Waals surface area contributed by atoms with Crippen LogP contribution >= 0.6 is 11.6 Å². The van der Waals surface area contributed by atoms with Crippen LogP contribution in [0.1, 0.15) is 38.5 Å². The number of carbonyl (C=O) groups is 2. The molecule has 4 rings (SSSR count). The zero-order valence-corrected chi connectivity index (χ0v) is 18.9. The molecule has 3 N–H and O–H groups in total. The molecule has 0 radical (unpaired) electrons. The maximum atomic E-state index is 15.1. The van der Waals surface area contributed by atoms with Gasteiger partial charge in [-0.3, -0.25) is 25.6 Å². The van der Waals surface area contributed by atoms with Crippen LogP contribution in [0.3, 0.4) is 0 Å². The summed E-state index contributed by atoms with van der Waals surface area (Å²) in [6, 6.07) is 0. The first-order valence-electron chi connectivity index (χ1n) is 10.9. The van der Waals surface area contributed by atoms with Gasteiger partial charge in [0.1, 0.15) is 0 Å². The first kappa shape index (κ1) is 22.9. The molecule has 12 heteroatoms. The minimum Gasteiger partial charge on any atom is -0.351 e. The van der Waals surface area contributed by atoms with E-state index in [2.05, 4.69) is 25.7 Å². The second kappa shape index (κ2) is 8.95. The van der Waals surface area contributed by atoms with Crippen molar-refractivity contribution >= 4 is 35.6 Å². The number of anilines is 2. The summed E-state index contributed by atoms with van der Waals surface area (Å²) in [5.74, 6) is -1.27. The average molecular weight is 470 g/mol. The third kappa shape index (κ3) is 4.46. The maximum Gasteiger partial charge on any atom is 0.246 e. The number of nitrogens with zero attached hydrogens (tertiary/aromatic N) is 5. The molecule has 3 aliphatic rings. The Morgan fingerprint density at radius 2 is 1.91 bits per heavy atom. The zero-order chi connectivity index (χ0) is 22.9. The van der Waals surface area contributed by atoms with Crippen molar-refractivity contribution in [3.05, 3.63) is 11.1 Å². The van der Waals surface area contributed by atoms with Gasteiger partial charge in [-0.05, 0) is 49.7 Å². The molecule has 0 unspecified atom stereocenters. The molecule has 3 fully saturated rings. The Morgan fingerprint density at radius 1 is 1.25 bits per heavy atom. The van der Waals surface area contributed by atoms with Crippen LogP contribution in [0.25, 0.3) is 0 Å². The molecule has 2 heterocycles. The number of halogens is 2. The second-order valence-electron chi connectivity index (χ2n) is 9.39. The van der Waals surface area contributed by atoms with Crippen LogP contribution < -0.4 is 15.8 Å². The van der Waals surface area contributed by atoms with E-state index in [9.17, 15) is 14.8 Å². The molecule has 32 heavy (non-hydrogen) atoms. The minimum absolute atomic E-state index is 0.0825. The van der Waals surface area contributed by atoms with E-state index in [1.54, 1.807) is 4.90 Å². The molecule has 1 spiro atoms. The lowest BCUT2D eigenvalue weighted by molar-refractivity contribution is -0.177. The molecule has 1 saturated heterocycles. The van der Waals surface area contributed by atoms with Gasteiger partial charge in [0.15, 0.2) is 11.6 Å². The monoisotopic (exact) mass is 469 g/mol. The Bertz CT molecular complexity index is 867. The lowest BCUT2D eigenvalue weighted by atomic mass is 9.51. The van der Waals surface area contributed by atoms with Crippen molar-refractivity contribution in [1.29, 1.82) is 0 Å². The summed E-state index contributed by atoms with van der Waals surface area (Å²) in [6.07, 6.45) is 5.72. The summed E-state index contributed by atoms with van der Waals surface area (Å²) in [6.45, 7) is 2.59. The quantitative estimate of drug-likeness (QED) is 0.239. The van der Waals surface area contributed by atoms with E-state index in [0.717, 1.165) is 38.8 Å². The third-order valence-corrected chi connectivity index (χ3v) is 7.23. The Hall–Kier alpha value is -2.24. The summed E-state index contributed by atoms with van der Waals surface area (Å²) in [5.41, 5.74) is 4.21.